The molecule has 2 aromatic heterocycles. The topological polar surface area (TPSA) is 124 Å². The summed E-state index contributed by atoms with van der Waals surface area (Å²) in [4.78, 5) is 35.1. The standard InChI is InChI=1S/C24H16N4O4/c29-17-7-5-15(27-13-3-1-9-25-11-13)19-21(17)24(32)20-16(28-14-4-2-10-26-12-14)6-8-18(30)22(20)23(19)31/h1-12,27-30H. The third-order valence-electron chi connectivity index (χ3n) is 5.16. The molecule has 156 valence electrons. The highest BCUT2D eigenvalue weighted by Crippen LogP contribution is 2.43. The van der Waals surface area contributed by atoms with Crippen LogP contribution in [-0.2, 0) is 0 Å². The summed E-state index contributed by atoms with van der Waals surface area (Å²) >= 11 is 0. The van der Waals surface area contributed by atoms with Crippen LogP contribution in [0.15, 0.2) is 73.3 Å². The third kappa shape index (κ3) is 3.10. The fraction of sp³-hybridized carbons (Fsp3) is 0. The lowest BCUT2D eigenvalue weighted by atomic mass is 9.81. The maximum absolute atomic E-state index is 13.5. The minimum absolute atomic E-state index is 0.0137. The molecule has 0 unspecified atom stereocenters. The molecule has 8 nitrogen and oxygen atoms in total. The van der Waals surface area contributed by atoms with Gasteiger partial charge in [-0.25, -0.2) is 0 Å². The average Bonchev–Trinajstić information content (AvgIpc) is 2.81. The second-order valence-electron chi connectivity index (χ2n) is 7.16. The molecule has 32 heavy (non-hydrogen) atoms. The van der Waals surface area contributed by atoms with Crippen molar-refractivity contribution >= 4 is 34.3 Å². The number of rotatable bonds is 4. The molecule has 4 aromatic rings. The molecule has 5 rings (SSSR count). The first-order valence-electron chi connectivity index (χ1n) is 9.70. The Morgan fingerprint density at radius 1 is 0.594 bits per heavy atom. The summed E-state index contributed by atoms with van der Waals surface area (Å²) in [7, 11) is 0. The second-order valence-corrected chi connectivity index (χ2v) is 7.16. The van der Waals surface area contributed by atoms with Crippen LogP contribution in [0.4, 0.5) is 22.7 Å². The van der Waals surface area contributed by atoms with Crippen molar-refractivity contribution in [2.45, 2.75) is 0 Å². The van der Waals surface area contributed by atoms with E-state index < -0.39 is 11.6 Å². The lowest BCUT2D eigenvalue weighted by Crippen LogP contribution is -2.23. The molecule has 0 atom stereocenters. The number of phenolic OH excluding ortho intramolecular Hbond substituents is 2. The Morgan fingerprint density at radius 3 is 1.41 bits per heavy atom. The van der Waals surface area contributed by atoms with E-state index in [0.717, 1.165) is 0 Å². The second kappa shape index (κ2) is 7.51. The van der Waals surface area contributed by atoms with Crippen molar-refractivity contribution in [1.82, 2.24) is 9.97 Å². The molecule has 0 aliphatic heterocycles. The van der Waals surface area contributed by atoms with Gasteiger partial charge in [-0.15, -0.1) is 0 Å². The molecular formula is C24H16N4O4. The van der Waals surface area contributed by atoms with Gasteiger partial charge in [0.2, 0.25) is 11.6 Å². The van der Waals surface area contributed by atoms with Gasteiger partial charge in [-0.1, -0.05) is 0 Å². The van der Waals surface area contributed by atoms with Crippen LogP contribution in [-0.4, -0.2) is 31.7 Å². The normalized spacial score (nSPS) is 12.1. The van der Waals surface area contributed by atoms with Crippen molar-refractivity contribution in [3.63, 3.8) is 0 Å². The number of carbonyl (C=O) groups is 2. The summed E-state index contributed by atoms with van der Waals surface area (Å²) in [6.07, 6.45) is 6.35. The van der Waals surface area contributed by atoms with Crippen molar-refractivity contribution in [3.05, 3.63) is 95.6 Å². The summed E-state index contributed by atoms with van der Waals surface area (Å²) in [5.74, 6) is -1.80. The maximum Gasteiger partial charge on any atom is 0.200 e. The van der Waals surface area contributed by atoms with E-state index in [9.17, 15) is 19.8 Å². The molecule has 2 heterocycles. The minimum atomic E-state index is -0.579. The highest BCUT2D eigenvalue weighted by atomic mass is 16.3. The summed E-state index contributed by atoms with van der Waals surface area (Å²) in [6.45, 7) is 0. The van der Waals surface area contributed by atoms with Crippen LogP contribution in [0.3, 0.4) is 0 Å². The quantitative estimate of drug-likeness (QED) is 0.317. The van der Waals surface area contributed by atoms with Gasteiger partial charge in [0.1, 0.15) is 11.5 Å². The highest BCUT2D eigenvalue weighted by molar-refractivity contribution is 6.33. The van der Waals surface area contributed by atoms with Gasteiger partial charge in [0.15, 0.2) is 0 Å². The SMILES string of the molecule is O=C1c2c(O)ccc(Nc3cccnc3)c2C(=O)c2c(O)ccc(Nc3cccnc3)c21. The van der Waals surface area contributed by atoms with Crippen LogP contribution in [0.25, 0.3) is 0 Å². The molecule has 1 aliphatic carbocycles. The number of carbonyl (C=O) groups excluding carboxylic acids is 2. The molecule has 0 bridgehead atoms. The number of phenols is 2. The van der Waals surface area contributed by atoms with Gasteiger partial charge in [-0.2, -0.15) is 0 Å². The first-order valence-corrected chi connectivity index (χ1v) is 9.70. The lowest BCUT2D eigenvalue weighted by molar-refractivity contribution is 0.0975. The molecule has 2 aromatic carbocycles. The van der Waals surface area contributed by atoms with Crippen LogP contribution < -0.4 is 10.6 Å². The molecule has 0 spiro atoms. The van der Waals surface area contributed by atoms with Crippen LogP contribution in [0.1, 0.15) is 31.8 Å². The fourth-order valence-corrected chi connectivity index (χ4v) is 3.76. The molecule has 0 saturated heterocycles. The number of nitrogens with zero attached hydrogens (tertiary/aromatic N) is 2. The zero-order valence-electron chi connectivity index (χ0n) is 16.5. The Labute approximate surface area is 182 Å². The number of hydrogen-bond donors (Lipinski definition) is 4. The van der Waals surface area contributed by atoms with Crippen molar-refractivity contribution < 1.29 is 19.8 Å². The summed E-state index contributed by atoms with van der Waals surface area (Å²) in [5, 5.41) is 27.1. The number of aromatic nitrogens is 2. The van der Waals surface area contributed by atoms with Crippen molar-refractivity contribution in [3.8, 4) is 11.5 Å². The van der Waals surface area contributed by atoms with E-state index in [1.807, 2.05) is 0 Å². The van der Waals surface area contributed by atoms with E-state index in [1.54, 1.807) is 49.1 Å². The molecule has 1 aliphatic rings. The van der Waals surface area contributed by atoms with E-state index in [4.69, 9.17) is 0 Å². The van der Waals surface area contributed by atoms with Gasteiger partial charge in [-0.05, 0) is 48.5 Å². The van der Waals surface area contributed by atoms with Gasteiger partial charge >= 0.3 is 0 Å². The minimum Gasteiger partial charge on any atom is -0.507 e. The summed E-state index contributed by atoms with van der Waals surface area (Å²) < 4.78 is 0. The first-order chi connectivity index (χ1) is 15.5. The molecule has 0 amide bonds. The Hall–Kier alpha value is -4.72. The first kappa shape index (κ1) is 19.3. The zero-order valence-corrected chi connectivity index (χ0v) is 16.5. The lowest BCUT2D eigenvalue weighted by Gasteiger charge is -2.24. The van der Waals surface area contributed by atoms with Crippen molar-refractivity contribution in [2.24, 2.45) is 0 Å². The smallest absolute Gasteiger partial charge is 0.200 e. The Morgan fingerprint density at radius 2 is 1.03 bits per heavy atom. The van der Waals surface area contributed by atoms with E-state index in [1.165, 1.54) is 24.3 Å². The van der Waals surface area contributed by atoms with E-state index >= 15 is 0 Å². The summed E-state index contributed by atoms with van der Waals surface area (Å²) in [5.41, 5.74) is 1.55. The number of anilines is 4. The van der Waals surface area contributed by atoms with E-state index in [0.29, 0.717) is 22.7 Å². The molecule has 4 N–H and O–H groups in total. The van der Waals surface area contributed by atoms with Crippen molar-refractivity contribution in [2.75, 3.05) is 10.6 Å². The summed E-state index contributed by atoms with van der Waals surface area (Å²) in [6, 6.07) is 12.7. The Balaban J connectivity index is 1.67. The number of pyridine rings is 2. The van der Waals surface area contributed by atoms with E-state index in [-0.39, 0.29) is 33.8 Å². The van der Waals surface area contributed by atoms with Gasteiger partial charge in [0.05, 0.1) is 57.4 Å². The monoisotopic (exact) mass is 424 g/mol. The predicted octanol–water partition coefficient (Wildman–Crippen LogP) is 4.15. The van der Waals surface area contributed by atoms with Crippen LogP contribution in [0.2, 0.25) is 0 Å². The molecule has 0 radical (unpaired) electrons. The zero-order chi connectivity index (χ0) is 22.2. The van der Waals surface area contributed by atoms with Crippen LogP contribution in [0.5, 0.6) is 11.5 Å². The molecule has 0 fully saturated rings. The van der Waals surface area contributed by atoms with Crippen LogP contribution >= 0.6 is 0 Å². The van der Waals surface area contributed by atoms with Gasteiger partial charge < -0.3 is 20.8 Å². The average molecular weight is 424 g/mol. The van der Waals surface area contributed by atoms with Gasteiger partial charge in [0.25, 0.3) is 0 Å². The largest absolute Gasteiger partial charge is 0.507 e. The molecule has 8 heteroatoms. The molecule has 0 saturated carbocycles. The van der Waals surface area contributed by atoms with Crippen molar-refractivity contribution in [1.29, 1.82) is 0 Å². The Bertz CT molecular complexity index is 1270. The van der Waals surface area contributed by atoms with Crippen LogP contribution in [0, 0.1) is 0 Å². The number of aromatic hydroxyl groups is 2. The number of ketones is 2. The predicted molar refractivity (Wildman–Crippen MR) is 118 cm³/mol. The maximum atomic E-state index is 13.5. The molecular weight excluding hydrogens is 408 g/mol. The van der Waals surface area contributed by atoms with E-state index in [2.05, 4.69) is 20.6 Å². The van der Waals surface area contributed by atoms with Gasteiger partial charge in [0, 0.05) is 12.4 Å². The number of nitrogens with one attached hydrogen (secondary N) is 2. The number of fused-ring (bicyclic) bond motifs is 2. The van der Waals surface area contributed by atoms with Gasteiger partial charge in [-0.3, -0.25) is 19.6 Å². The number of hydrogen-bond acceptors (Lipinski definition) is 8. The highest BCUT2D eigenvalue weighted by Gasteiger charge is 2.38. The fourth-order valence-electron chi connectivity index (χ4n) is 3.76. The Kier molecular flexibility index (Phi) is 4.52. The number of benzene rings is 2. The third-order valence-corrected chi connectivity index (χ3v) is 5.16.